The van der Waals surface area contributed by atoms with Crippen molar-refractivity contribution in [2.75, 3.05) is 4.81 Å². The quantitative estimate of drug-likeness (QED) is 0.161. The van der Waals surface area contributed by atoms with Gasteiger partial charge in [-0.05, 0) is 123 Å². The zero-order valence-electron chi connectivity index (χ0n) is 39.3. The van der Waals surface area contributed by atoms with Crippen LogP contribution in [0.3, 0.4) is 0 Å². The van der Waals surface area contributed by atoms with E-state index in [0.29, 0.717) is 0 Å². The van der Waals surface area contributed by atoms with Gasteiger partial charge in [-0.15, -0.1) is 34.0 Å². The molecule has 12 aromatic rings. The van der Waals surface area contributed by atoms with Gasteiger partial charge in [0.05, 0.1) is 21.3 Å². The highest BCUT2D eigenvalue weighted by Gasteiger charge is 2.47. The average Bonchev–Trinajstić information content (AvgIpc) is 4.11. The van der Waals surface area contributed by atoms with Crippen molar-refractivity contribution >= 4 is 136 Å². The number of benzene rings is 8. The van der Waals surface area contributed by atoms with Crippen LogP contribution < -0.4 is 15.7 Å². The number of hydrogen-bond acceptors (Lipinski definition) is 5. The van der Waals surface area contributed by atoms with Crippen LogP contribution in [0.5, 0.6) is 0 Å². The van der Waals surface area contributed by atoms with Gasteiger partial charge in [-0.25, -0.2) is 4.98 Å². The highest BCUT2D eigenvalue weighted by atomic mass is 32.1. The Balaban J connectivity index is 1.18. The molecule has 0 spiro atoms. The van der Waals surface area contributed by atoms with Crippen LogP contribution in [0.25, 0.3) is 99.8 Å². The molecule has 0 saturated carbocycles. The van der Waals surface area contributed by atoms with Gasteiger partial charge in [-0.1, -0.05) is 127 Å². The fraction of sp³-hybridized carbons (Fsp3) is 0.197. The summed E-state index contributed by atoms with van der Waals surface area (Å²) in [6.45, 7) is 16.7. The lowest BCUT2D eigenvalue weighted by atomic mass is 9.43. The lowest BCUT2D eigenvalue weighted by Gasteiger charge is -2.42. The lowest BCUT2D eigenvalue weighted by molar-refractivity contribution is 0.332. The average molecular weight is 930 g/mol. The van der Waals surface area contributed by atoms with Crippen LogP contribution in [-0.2, 0) is 16.2 Å². The third-order valence-corrected chi connectivity index (χ3v) is 19.6. The zero-order valence-corrected chi connectivity index (χ0v) is 41.8. The Morgan fingerprint density at radius 3 is 2.03 bits per heavy atom. The molecule has 0 saturated heterocycles. The Labute approximate surface area is 408 Å². The van der Waals surface area contributed by atoms with Gasteiger partial charge >= 0.3 is 6.85 Å². The summed E-state index contributed by atoms with van der Waals surface area (Å²) in [5, 5.41) is 9.21. The third kappa shape index (κ3) is 5.22. The molecule has 0 radical (unpaired) electrons. The van der Waals surface area contributed by atoms with E-state index in [9.17, 15) is 0 Å². The Bertz CT molecular complexity index is 4190. The van der Waals surface area contributed by atoms with Gasteiger partial charge in [0, 0.05) is 79.3 Å². The summed E-state index contributed by atoms with van der Waals surface area (Å²) in [6, 6.07) is 53.9. The van der Waals surface area contributed by atoms with Crippen LogP contribution in [0, 0.1) is 0 Å². The normalized spacial score (nSPS) is 15.9. The van der Waals surface area contributed by atoms with Gasteiger partial charge in [-0.2, -0.15) is 0 Å². The Kier molecular flexibility index (Phi) is 7.76. The third-order valence-electron chi connectivity index (χ3n) is 16.2. The molecule has 3 aliphatic rings. The fourth-order valence-electron chi connectivity index (χ4n) is 12.6. The minimum Gasteiger partial charge on any atom is -0.376 e. The Morgan fingerprint density at radius 1 is 0.588 bits per heavy atom. The second-order valence-electron chi connectivity index (χ2n) is 22.1. The van der Waals surface area contributed by atoms with Gasteiger partial charge in [-0.3, -0.25) is 0 Å². The number of rotatable bonds is 2. The van der Waals surface area contributed by atoms with Crippen molar-refractivity contribution in [3.8, 4) is 27.4 Å². The highest BCUT2D eigenvalue weighted by molar-refractivity contribution is 7.27. The largest absolute Gasteiger partial charge is 0.376 e. The van der Waals surface area contributed by atoms with Gasteiger partial charge < -0.3 is 9.38 Å². The lowest BCUT2D eigenvalue weighted by Crippen LogP contribution is -2.60. The van der Waals surface area contributed by atoms with E-state index < -0.39 is 0 Å². The summed E-state index contributed by atoms with van der Waals surface area (Å²) in [5.41, 5.74) is 18.5. The van der Waals surface area contributed by atoms with E-state index in [2.05, 4.69) is 197 Å². The van der Waals surface area contributed by atoms with E-state index in [1.54, 1.807) is 0 Å². The predicted octanol–water partition coefficient (Wildman–Crippen LogP) is 16.7. The fourth-order valence-corrected chi connectivity index (χ4v) is 16.0. The molecule has 0 N–H and O–H groups in total. The van der Waals surface area contributed by atoms with Crippen LogP contribution in [0.15, 0.2) is 140 Å². The SMILES string of the molecule is CC(C)(C)c1ccc(N2B3c4cc5nc(-c6ccccc6)sc5cc4-n4c5cc6c(cc5c5c7sc8ccccc8c7c(c3c54)-c3cc4sc5ccccc5c4cc32)C(C)(C)CCC6(C)C)cc1. The molecule has 8 aromatic carbocycles. The molecule has 7 heteroatoms. The molecule has 0 atom stereocenters. The van der Waals surface area contributed by atoms with Gasteiger partial charge in [0.1, 0.15) is 5.01 Å². The highest BCUT2D eigenvalue weighted by Crippen LogP contribution is 2.56. The van der Waals surface area contributed by atoms with E-state index in [-0.39, 0.29) is 23.1 Å². The van der Waals surface area contributed by atoms with Crippen LogP contribution in [0.2, 0.25) is 0 Å². The zero-order chi connectivity index (χ0) is 45.7. The number of fused-ring (bicyclic) bond motifs is 18. The number of hydrogen-bond donors (Lipinski definition) is 0. The van der Waals surface area contributed by atoms with Crippen LogP contribution in [0.4, 0.5) is 11.4 Å². The van der Waals surface area contributed by atoms with Gasteiger partial charge in [0.15, 0.2) is 0 Å². The van der Waals surface area contributed by atoms with E-state index >= 15 is 0 Å². The number of thiophene rings is 2. The van der Waals surface area contributed by atoms with Crippen molar-refractivity contribution < 1.29 is 0 Å². The first kappa shape index (κ1) is 39.7. The molecule has 15 rings (SSSR count). The van der Waals surface area contributed by atoms with Crippen molar-refractivity contribution in [1.29, 1.82) is 0 Å². The first-order valence-corrected chi connectivity index (χ1v) is 26.6. The Morgan fingerprint density at radius 2 is 1.28 bits per heavy atom. The van der Waals surface area contributed by atoms with Crippen molar-refractivity contribution in [2.24, 2.45) is 0 Å². The van der Waals surface area contributed by atoms with Crippen molar-refractivity contribution in [3.05, 3.63) is 156 Å². The summed E-state index contributed by atoms with van der Waals surface area (Å²) in [4.78, 5) is 8.20. The second kappa shape index (κ2) is 13.3. The smallest absolute Gasteiger partial charge is 0.333 e. The molecule has 3 nitrogen and oxygen atoms in total. The minimum absolute atomic E-state index is 0.0256. The molecular formula is C61H48BN3S3. The molecular weight excluding hydrogens is 882 g/mol. The van der Waals surface area contributed by atoms with Crippen molar-refractivity contribution in [3.63, 3.8) is 0 Å². The molecule has 0 fully saturated rings. The standard InChI is InChI=1S/C61H48BN3S3/c1-59(2,3)34-21-23-35(24-22-34)65-46-28-38-36-17-11-13-19-48(36)66-50(38)29-40(46)52-53-37-18-12-14-20-49(37)67-57(53)54-39-27-41-42(61(6,7)26-25-60(41,4)5)30-45(39)64-47-32-51-44(31-43(47)62(65)55(52)56(54)64)63-58(68-51)33-15-9-8-10-16-33/h8-24,27-32H,25-26H2,1-7H3. The number of thiazole rings is 1. The van der Waals surface area contributed by atoms with Gasteiger partial charge in [0.25, 0.3) is 0 Å². The van der Waals surface area contributed by atoms with E-state index in [1.165, 1.54) is 135 Å². The minimum atomic E-state index is -0.133. The van der Waals surface area contributed by atoms with E-state index in [4.69, 9.17) is 4.98 Å². The first-order chi connectivity index (χ1) is 32.8. The van der Waals surface area contributed by atoms with E-state index in [1.807, 2.05) is 34.0 Å². The summed E-state index contributed by atoms with van der Waals surface area (Å²) in [5.74, 6) is 0. The Hall–Kier alpha value is -6.25. The molecule has 2 aliphatic heterocycles. The first-order valence-electron chi connectivity index (χ1n) is 24.2. The summed E-state index contributed by atoms with van der Waals surface area (Å²) in [6.07, 6.45) is 2.35. The molecule has 0 unspecified atom stereocenters. The molecule has 0 amide bonds. The molecule has 0 bridgehead atoms. The maximum atomic E-state index is 5.47. The molecule has 6 heterocycles. The molecule has 4 aromatic heterocycles. The van der Waals surface area contributed by atoms with Crippen molar-refractivity contribution in [2.45, 2.75) is 77.6 Å². The second-order valence-corrected chi connectivity index (χ2v) is 25.3. The molecule has 68 heavy (non-hydrogen) atoms. The monoisotopic (exact) mass is 929 g/mol. The molecule has 328 valence electrons. The maximum Gasteiger partial charge on any atom is 0.333 e. The summed E-state index contributed by atoms with van der Waals surface area (Å²) < 4.78 is 9.34. The van der Waals surface area contributed by atoms with E-state index in [0.717, 1.165) is 16.1 Å². The van der Waals surface area contributed by atoms with Crippen molar-refractivity contribution in [1.82, 2.24) is 9.55 Å². The summed E-state index contributed by atoms with van der Waals surface area (Å²) in [7, 11) is 0. The number of aromatic nitrogens is 2. The van der Waals surface area contributed by atoms with Crippen LogP contribution >= 0.6 is 34.0 Å². The van der Waals surface area contributed by atoms with Crippen LogP contribution in [0.1, 0.15) is 78.0 Å². The maximum absolute atomic E-state index is 5.47. The van der Waals surface area contributed by atoms with Crippen LogP contribution in [-0.4, -0.2) is 16.4 Å². The summed E-state index contributed by atoms with van der Waals surface area (Å²) >= 11 is 5.73. The predicted molar refractivity (Wildman–Crippen MR) is 298 cm³/mol. The van der Waals surface area contributed by atoms with Gasteiger partial charge in [0.2, 0.25) is 0 Å². The molecule has 1 aliphatic carbocycles. The number of anilines is 2. The topological polar surface area (TPSA) is 21.1 Å². The number of nitrogens with zero attached hydrogens (tertiary/aromatic N) is 3.